The average molecular weight is 379 g/mol. The molecule has 3 aromatic rings. The van der Waals surface area contributed by atoms with Crippen LogP contribution in [-0.4, -0.2) is 30.3 Å². The lowest BCUT2D eigenvalue weighted by Gasteiger charge is -2.20. The molecule has 1 aliphatic carbocycles. The normalized spacial score (nSPS) is 12.3. The molecule has 0 saturated heterocycles. The standard InChI is InChI=1S/C21H17NO4S/c23-20(24)12-22(19-10-5-11-27-19)21(25)26-13-18-16-8-3-1-6-14(16)15-7-2-4-9-17(15)18/h1-11,18H,12-13H2,(H,23,24). The molecule has 0 spiro atoms. The minimum Gasteiger partial charge on any atom is -0.480 e. The van der Waals surface area contributed by atoms with E-state index in [1.807, 2.05) is 36.4 Å². The van der Waals surface area contributed by atoms with Crippen molar-refractivity contribution in [3.63, 3.8) is 0 Å². The number of fused-ring (bicyclic) bond motifs is 3. The number of aliphatic carboxylic acids is 1. The second-order valence-corrected chi connectivity index (χ2v) is 7.16. The quantitative estimate of drug-likeness (QED) is 0.704. The maximum absolute atomic E-state index is 12.6. The number of carboxylic acids is 1. The van der Waals surface area contributed by atoms with Gasteiger partial charge in [-0.25, -0.2) is 4.79 Å². The molecule has 5 nitrogen and oxygen atoms in total. The molecule has 0 saturated carbocycles. The van der Waals surface area contributed by atoms with Gasteiger partial charge in [-0.05, 0) is 39.8 Å². The van der Waals surface area contributed by atoms with E-state index in [0.29, 0.717) is 5.00 Å². The number of hydrogen-bond donors (Lipinski definition) is 1. The Labute approximate surface area is 160 Å². The Morgan fingerprint density at radius 2 is 1.59 bits per heavy atom. The highest BCUT2D eigenvalue weighted by atomic mass is 32.1. The van der Waals surface area contributed by atoms with E-state index in [4.69, 9.17) is 9.84 Å². The zero-order chi connectivity index (χ0) is 18.8. The third kappa shape index (κ3) is 3.31. The zero-order valence-corrected chi connectivity index (χ0v) is 15.2. The molecule has 0 aliphatic heterocycles. The first-order valence-electron chi connectivity index (χ1n) is 8.53. The number of carbonyl (C=O) groups excluding carboxylic acids is 1. The molecule has 0 bridgehead atoms. The topological polar surface area (TPSA) is 66.8 Å². The van der Waals surface area contributed by atoms with Crippen molar-refractivity contribution in [2.45, 2.75) is 5.92 Å². The molecule has 6 heteroatoms. The van der Waals surface area contributed by atoms with Crippen molar-refractivity contribution < 1.29 is 19.4 Å². The lowest BCUT2D eigenvalue weighted by Crippen LogP contribution is -2.36. The lowest BCUT2D eigenvalue weighted by molar-refractivity contribution is -0.135. The molecule has 2 aromatic carbocycles. The van der Waals surface area contributed by atoms with E-state index >= 15 is 0 Å². The lowest BCUT2D eigenvalue weighted by atomic mass is 9.98. The number of thiophene rings is 1. The van der Waals surface area contributed by atoms with Crippen molar-refractivity contribution in [1.29, 1.82) is 0 Å². The van der Waals surface area contributed by atoms with Gasteiger partial charge in [0.15, 0.2) is 0 Å². The van der Waals surface area contributed by atoms with Crippen molar-refractivity contribution in [1.82, 2.24) is 0 Å². The van der Waals surface area contributed by atoms with E-state index in [1.165, 1.54) is 11.3 Å². The van der Waals surface area contributed by atoms with Gasteiger partial charge < -0.3 is 9.84 Å². The minimum absolute atomic E-state index is 0.0589. The summed E-state index contributed by atoms with van der Waals surface area (Å²) >= 11 is 1.30. The maximum Gasteiger partial charge on any atom is 0.415 e. The number of rotatable bonds is 5. The van der Waals surface area contributed by atoms with Crippen LogP contribution in [0.1, 0.15) is 17.0 Å². The van der Waals surface area contributed by atoms with E-state index < -0.39 is 18.6 Å². The number of hydrogen-bond acceptors (Lipinski definition) is 4. The summed E-state index contributed by atoms with van der Waals surface area (Å²) in [4.78, 5) is 24.9. The molecular formula is C21H17NO4S. The number of amides is 1. The highest BCUT2D eigenvalue weighted by Gasteiger charge is 2.30. The fourth-order valence-electron chi connectivity index (χ4n) is 3.46. The van der Waals surface area contributed by atoms with Crippen LogP contribution in [0.5, 0.6) is 0 Å². The summed E-state index contributed by atoms with van der Waals surface area (Å²) in [5.41, 5.74) is 4.53. The Morgan fingerprint density at radius 1 is 0.963 bits per heavy atom. The van der Waals surface area contributed by atoms with Crippen LogP contribution in [0, 0.1) is 0 Å². The largest absolute Gasteiger partial charge is 0.480 e. The third-order valence-electron chi connectivity index (χ3n) is 4.62. The molecule has 1 amide bonds. The minimum atomic E-state index is -1.09. The number of carboxylic acid groups (broad SMARTS) is 1. The molecule has 1 aliphatic rings. The van der Waals surface area contributed by atoms with Crippen molar-refractivity contribution in [2.75, 3.05) is 18.1 Å². The van der Waals surface area contributed by atoms with Gasteiger partial charge in [-0.3, -0.25) is 9.69 Å². The average Bonchev–Trinajstić information content (AvgIpc) is 3.31. The number of anilines is 1. The summed E-state index contributed by atoms with van der Waals surface area (Å²) in [7, 11) is 0. The molecule has 0 radical (unpaired) electrons. The molecule has 27 heavy (non-hydrogen) atoms. The summed E-state index contributed by atoms with van der Waals surface area (Å²) in [5, 5.41) is 11.5. The predicted octanol–water partition coefficient (Wildman–Crippen LogP) is 4.59. The highest BCUT2D eigenvalue weighted by molar-refractivity contribution is 7.14. The van der Waals surface area contributed by atoms with Gasteiger partial charge in [0, 0.05) is 5.92 Å². The number of ether oxygens (including phenoxy) is 1. The van der Waals surface area contributed by atoms with Gasteiger partial charge in [0.2, 0.25) is 0 Å². The molecule has 1 aromatic heterocycles. The Morgan fingerprint density at radius 3 is 2.15 bits per heavy atom. The van der Waals surface area contributed by atoms with Crippen LogP contribution in [0.15, 0.2) is 66.0 Å². The highest BCUT2D eigenvalue weighted by Crippen LogP contribution is 2.44. The summed E-state index contributed by atoms with van der Waals surface area (Å²) in [6.45, 7) is -0.272. The Bertz CT molecular complexity index is 938. The van der Waals surface area contributed by atoms with E-state index in [1.54, 1.807) is 17.5 Å². The number of benzene rings is 2. The Hall–Kier alpha value is -3.12. The van der Waals surface area contributed by atoms with Gasteiger partial charge >= 0.3 is 12.1 Å². The van der Waals surface area contributed by atoms with Crippen LogP contribution in [0.3, 0.4) is 0 Å². The smallest absolute Gasteiger partial charge is 0.415 e. The van der Waals surface area contributed by atoms with Crippen LogP contribution in [0.25, 0.3) is 11.1 Å². The van der Waals surface area contributed by atoms with Crippen molar-refractivity contribution in [2.24, 2.45) is 0 Å². The second-order valence-electron chi connectivity index (χ2n) is 6.24. The van der Waals surface area contributed by atoms with Crippen molar-refractivity contribution in [3.8, 4) is 11.1 Å². The zero-order valence-electron chi connectivity index (χ0n) is 14.4. The number of nitrogens with zero attached hydrogens (tertiary/aromatic N) is 1. The van der Waals surface area contributed by atoms with Gasteiger partial charge in [-0.2, -0.15) is 0 Å². The van der Waals surface area contributed by atoms with Gasteiger partial charge in [0.05, 0.1) is 0 Å². The molecular weight excluding hydrogens is 362 g/mol. The predicted molar refractivity (Wildman–Crippen MR) is 104 cm³/mol. The first kappa shape index (κ1) is 17.3. The van der Waals surface area contributed by atoms with Crippen LogP contribution in [0.2, 0.25) is 0 Å². The fraction of sp³-hybridized carbons (Fsp3) is 0.143. The molecule has 1 N–H and O–H groups in total. The molecule has 0 atom stereocenters. The van der Waals surface area contributed by atoms with Crippen LogP contribution < -0.4 is 4.90 Å². The van der Waals surface area contributed by atoms with Crippen molar-refractivity contribution in [3.05, 3.63) is 77.2 Å². The van der Waals surface area contributed by atoms with Gasteiger partial charge in [-0.1, -0.05) is 48.5 Å². The Balaban J connectivity index is 1.56. The van der Waals surface area contributed by atoms with E-state index in [-0.39, 0.29) is 12.5 Å². The molecule has 0 unspecified atom stereocenters. The Kier molecular flexibility index (Phi) is 4.64. The SMILES string of the molecule is O=C(O)CN(C(=O)OCC1c2ccccc2-c2ccccc21)c1cccs1. The summed E-state index contributed by atoms with van der Waals surface area (Å²) in [6, 6.07) is 19.6. The first-order chi connectivity index (χ1) is 13.1. The summed E-state index contributed by atoms with van der Waals surface area (Å²) in [5.74, 6) is -1.15. The van der Waals surface area contributed by atoms with Crippen LogP contribution in [-0.2, 0) is 9.53 Å². The van der Waals surface area contributed by atoms with Gasteiger partial charge in [-0.15, -0.1) is 11.3 Å². The first-order valence-corrected chi connectivity index (χ1v) is 9.41. The van der Waals surface area contributed by atoms with Crippen LogP contribution >= 0.6 is 11.3 Å². The summed E-state index contributed by atoms with van der Waals surface area (Å²) < 4.78 is 5.56. The van der Waals surface area contributed by atoms with Gasteiger partial charge in [0.25, 0.3) is 0 Å². The summed E-state index contributed by atoms with van der Waals surface area (Å²) in [6.07, 6.45) is -0.651. The fourth-order valence-corrected chi connectivity index (χ4v) is 4.18. The van der Waals surface area contributed by atoms with E-state index in [2.05, 4.69) is 12.1 Å². The third-order valence-corrected chi connectivity index (χ3v) is 5.51. The van der Waals surface area contributed by atoms with Crippen molar-refractivity contribution >= 4 is 28.4 Å². The maximum atomic E-state index is 12.6. The monoisotopic (exact) mass is 379 g/mol. The van der Waals surface area contributed by atoms with E-state index in [0.717, 1.165) is 27.2 Å². The molecule has 4 rings (SSSR count). The molecule has 136 valence electrons. The number of carbonyl (C=O) groups is 2. The molecule has 0 fully saturated rings. The van der Waals surface area contributed by atoms with E-state index in [9.17, 15) is 9.59 Å². The molecule has 1 heterocycles. The second kappa shape index (κ2) is 7.25. The van der Waals surface area contributed by atoms with Gasteiger partial charge in [0.1, 0.15) is 18.2 Å². The van der Waals surface area contributed by atoms with Crippen LogP contribution in [0.4, 0.5) is 9.80 Å².